The van der Waals surface area contributed by atoms with Gasteiger partial charge >= 0.3 is 0 Å². The lowest BCUT2D eigenvalue weighted by atomic mass is 9.84. The Kier molecular flexibility index (Phi) is 5.41. The number of nitrogens with zero attached hydrogens (tertiary/aromatic N) is 2. The predicted octanol–water partition coefficient (Wildman–Crippen LogP) is 0.400. The Labute approximate surface area is 122 Å². The summed E-state index contributed by atoms with van der Waals surface area (Å²) in [6.45, 7) is 7.09. The Hall–Kier alpha value is -0.650. The SMILES string of the molecule is CC(N)C(=O)NCC1(N2CCCCC2)CCN(C)CC1. The second-order valence-electron chi connectivity index (χ2n) is 6.58. The Bertz CT molecular complexity index is 318. The first-order valence-corrected chi connectivity index (χ1v) is 8.00. The maximum absolute atomic E-state index is 11.8. The van der Waals surface area contributed by atoms with Gasteiger partial charge in [-0.05, 0) is 65.8 Å². The van der Waals surface area contributed by atoms with Crippen LogP contribution in [0.1, 0.15) is 39.0 Å². The summed E-state index contributed by atoms with van der Waals surface area (Å²) in [6.07, 6.45) is 6.21. The fourth-order valence-electron chi connectivity index (χ4n) is 3.42. The molecule has 2 saturated heterocycles. The lowest BCUT2D eigenvalue weighted by molar-refractivity contribution is -0.123. The lowest BCUT2D eigenvalue weighted by Crippen LogP contribution is -2.62. The van der Waals surface area contributed by atoms with E-state index < -0.39 is 6.04 Å². The molecule has 0 aromatic heterocycles. The van der Waals surface area contributed by atoms with Crippen LogP contribution < -0.4 is 11.1 Å². The third kappa shape index (κ3) is 3.71. The molecule has 116 valence electrons. The number of hydrogen-bond donors (Lipinski definition) is 2. The first-order valence-electron chi connectivity index (χ1n) is 8.00. The number of hydrogen-bond acceptors (Lipinski definition) is 4. The molecule has 5 nitrogen and oxygen atoms in total. The number of nitrogens with two attached hydrogens (primary N) is 1. The Balaban J connectivity index is 2.01. The van der Waals surface area contributed by atoms with Crippen molar-refractivity contribution in [2.75, 3.05) is 39.8 Å². The van der Waals surface area contributed by atoms with Gasteiger partial charge in [-0.25, -0.2) is 0 Å². The largest absolute Gasteiger partial charge is 0.353 e. The Morgan fingerprint density at radius 2 is 1.80 bits per heavy atom. The van der Waals surface area contributed by atoms with Crippen LogP contribution in [0.5, 0.6) is 0 Å². The molecule has 0 bridgehead atoms. The van der Waals surface area contributed by atoms with Gasteiger partial charge < -0.3 is 16.0 Å². The van der Waals surface area contributed by atoms with E-state index in [9.17, 15) is 4.79 Å². The second-order valence-corrected chi connectivity index (χ2v) is 6.58. The fraction of sp³-hybridized carbons (Fsp3) is 0.933. The normalized spacial score (nSPS) is 26.1. The van der Waals surface area contributed by atoms with Crippen LogP contribution in [-0.4, -0.2) is 67.1 Å². The molecule has 2 fully saturated rings. The van der Waals surface area contributed by atoms with Crippen molar-refractivity contribution < 1.29 is 4.79 Å². The van der Waals surface area contributed by atoms with Gasteiger partial charge in [-0.3, -0.25) is 9.69 Å². The molecule has 2 heterocycles. The van der Waals surface area contributed by atoms with Crippen molar-refractivity contribution in [3.63, 3.8) is 0 Å². The van der Waals surface area contributed by atoms with Gasteiger partial charge in [0.15, 0.2) is 0 Å². The first kappa shape index (κ1) is 15.7. The molecule has 2 aliphatic rings. The molecule has 0 aromatic rings. The molecule has 0 aliphatic carbocycles. The number of carbonyl (C=O) groups is 1. The highest BCUT2D eigenvalue weighted by atomic mass is 16.2. The van der Waals surface area contributed by atoms with E-state index in [-0.39, 0.29) is 11.4 Å². The van der Waals surface area contributed by atoms with Gasteiger partial charge in [0.2, 0.25) is 5.91 Å². The van der Waals surface area contributed by atoms with E-state index in [2.05, 4.69) is 22.2 Å². The van der Waals surface area contributed by atoms with Gasteiger partial charge in [-0.2, -0.15) is 0 Å². The third-order valence-electron chi connectivity index (χ3n) is 4.95. The molecule has 1 unspecified atom stereocenters. The molecular formula is C15H30N4O. The Morgan fingerprint density at radius 3 is 2.35 bits per heavy atom. The zero-order chi connectivity index (χ0) is 14.6. The molecule has 0 radical (unpaired) electrons. The molecule has 5 heteroatoms. The monoisotopic (exact) mass is 282 g/mol. The van der Waals surface area contributed by atoms with Crippen molar-refractivity contribution in [3.05, 3.63) is 0 Å². The van der Waals surface area contributed by atoms with E-state index in [1.807, 2.05) is 0 Å². The van der Waals surface area contributed by atoms with E-state index in [1.165, 1.54) is 32.4 Å². The number of rotatable bonds is 4. The quantitative estimate of drug-likeness (QED) is 0.783. The maximum Gasteiger partial charge on any atom is 0.236 e. The fourth-order valence-corrected chi connectivity index (χ4v) is 3.42. The van der Waals surface area contributed by atoms with Gasteiger partial charge in [0.1, 0.15) is 0 Å². The smallest absolute Gasteiger partial charge is 0.236 e. The van der Waals surface area contributed by atoms with Crippen molar-refractivity contribution in [2.45, 2.75) is 50.6 Å². The van der Waals surface area contributed by atoms with Gasteiger partial charge in [-0.1, -0.05) is 6.42 Å². The number of piperidine rings is 2. The molecule has 2 aliphatic heterocycles. The van der Waals surface area contributed by atoms with E-state index in [4.69, 9.17) is 5.73 Å². The zero-order valence-corrected chi connectivity index (χ0v) is 13.0. The molecular weight excluding hydrogens is 252 g/mol. The van der Waals surface area contributed by atoms with Crippen LogP contribution in [0.3, 0.4) is 0 Å². The molecule has 0 aromatic carbocycles. The zero-order valence-electron chi connectivity index (χ0n) is 13.0. The lowest BCUT2D eigenvalue weighted by Gasteiger charge is -2.50. The first-order chi connectivity index (χ1) is 9.53. The van der Waals surface area contributed by atoms with Crippen molar-refractivity contribution in [2.24, 2.45) is 5.73 Å². The summed E-state index contributed by atoms with van der Waals surface area (Å²) in [5.41, 5.74) is 5.81. The van der Waals surface area contributed by atoms with E-state index in [0.717, 1.165) is 32.5 Å². The minimum Gasteiger partial charge on any atom is -0.353 e. The van der Waals surface area contributed by atoms with Crippen LogP contribution in [0.15, 0.2) is 0 Å². The van der Waals surface area contributed by atoms with Crippen LogP contribution in [-0.2, 0) is 4.79 Å². The summed E-state index contributed by atoms with van der Waals surface area (Å²) < 4.78 is 0. The molecule has 1 amide bonds. The van der Waals surface area contributed by atoms with Crippen molar-refractivity contribution >= 4 is 5.91 Å². The highest BCUT2D eigenvalue weighted by Gasteiger charge is 2.39. The van der Waals surface area contributed by atoms with Crippen LogP contribution in [0, 0.1) is 0 Å². The van der Waals surface area contributed by atoms with Gasteiger partial charge in [-0.15, -0.1) is 0 Å². The summed E-state index contributed by atoms with van der Waals surface area (Å²) in [6, 6.07) is -0.417. The highest BCUT2D eigenvalue weighted by molar-refractivity contribution is 5.81. The summed E-state index contributed by atoms with van der Waals surface area (Å²) in [5.74, 6) is -0.0275. The molecule has 3 N–H and O–H groups in total. The minimum absolute atomic E-state index is 0.0275. The molecule has 1 atom stereocenters. The van der Waals surface area contributed by atoms with Gasteiger partial charge in [0, 0.05) is 12.1 Å². The van der Waals surface area contributed by atoms with Crippen LogP contribution in [0.4, 0.5) is 0 Å². The topological polar surface area (TPSA) is 61.6 Å². The number of carbonyl (C=O) groups excluding carboxylic acids is 1. The van der Waals surface area contributed by atoms with Crippen LogP contribution in [0.25, 0.3) is 0 Å². The van der Waals surface area contributed by atoms with E-state index in [1.54, 1.807) is 6.92 Å². The molecule has 20 heavy (non-hydrogen) atoms. The summed E-state index contributed by atoms with van der Waals surface area (Å²) >= 11 is 0. The van der Waals surface area contributed by atoms with E-state index >= 15 is 0 Å². The number of likely N-dealkylation sites (tertiary alicyclic amines) is 2. The highest BCUT2D eigenvalue weighted by Crippen LogP contribution is 2.30. The minimum atomic E-state index is -0.417. The van der Waals surface area contributed by atoms with E-state index in [0.29, 0.717) is 0 Å². The van der Waals surface area contributed by atoms with Crippen molar-refractivity contribution in [1.82, 2.24) is 15.1 Å². The van der Waals surface area contributed by atoms with Gasteiger partial charge in [0.25, 0.3) is 0 Å². The predicted molar refractivity (Wildman–Crippen MR) is 81.5 cm³/mol. The van der Waals surface area contributed by atoms with Crippen molar-refractivity contribution in [3.8, 4) is 0 Å². The average molecular weight is 282 g/mol. The van der Waals surface area contributed by atoms with Gasteiger partial charge in [0.05, 0.1) is 6.04 Å². The third-order valence-corrected chi connectivity index (χ3v) is 4.95. The van der Waals surface area contributed by atoms with Crippen LogP contribution in [0.2, 0.25) is 0 Å². The molecule has 2 rings (SSSR count). The summed E-state index contributed by atoms with van der Waals surface area (Å²) in [5, 5.41) is 3.08. The Morgan fingerprint density at radius 1 is 1.20 bits per heavy atom. The van der Waals surface area contributed by atoms with Crippen molar-refractivity contribution in [1.29, 1.82) is 0 Å². The molecule has 0 saturated carbocycles. The number of nitrogens with one attached hydrogen (secondary N) is 1. The number of amides is 1. The second kappa shape index (κ2) is 6.87. The summed E-state index contributed by atoms with van der Waals surface area (Å²) in [7, 11) is 2.18. The summed E-state index contributed by atoms with van der Waals surface area (Å²) in [4.78, 5) is 16.8. The average Bonchev–Trinajstić information content (AvgIpc) is 2.47. The van der Waals surface area contributed by atoms with Crippen LogP contribution >= 0.6 is 0 Å². The maximum atomic E-state index is 11.8. The standard InChI is InChI=1S/C15H30N4O/c1-13(16)14(20)17-12-15(6-10-18(2)11-7-15)19-8-4-3-5-9-19/h13H,3-12,16H2,1-2H3,(H,17,20). The molecule has 0 spiro atoms.